The summed E-state index contributed by atoms with van der Waals surface area (Å²) in [4.78, 5) is 4.30. The van der Waals surface area contributed by atoms with E-state index < -0.39 is 0 Å². The van der Waals surface area contributed by atoms with Crippen molar-refractivity contribution in [1.29, 1.82) is 0 Å². The maximum absolute atomic E-state index is 4.30. The van der Waals surface area contributed by atoms with Gasteiger partial charge in [0.15, 0.2) is 0 Å². The predicted octanol–water partition coefficient (Wildman–Crippen LogP) is 3.23. The molecular formula is C11H20N2S. The number of thiazole rings is 1. The minimum absolute atomic E-state index is 0.368. The lowest BCUT2D eigenvalue weighted by atomic mass is 9.90. The minimum Gasteiger partial charge on any atom is -0.308 e. The van der Waals surface area contributed by atoms with E-state index in [0.717, 1.165) is 12.2 Å². The molecule has 0 aromatic carbocycles. The quantitative estimate of drug-likeness (QED) is 0.810. The van der Waals surface area contributed by atoms with E-state index in [4.69, 9.17) is 0 Å². The van der Waals surface area contributed by atoms with Crippen molar-refractivity contribution in [2.24, 2.45) is 5.41 Å². The first-order chi connectivity index (χ1) is 6.55. The smallest absolute Gasteiger partial charge is 0.0795 e. The van der Waals surface area contributed by atoms with Gasteiger partial charge in [0, 0.05) is 18.0 Å². The van der Waals surface area contributed by atoms with E-state index in [0.29, 0.717) is 11.5 Å². The Bertz CT molecular complexity index is 254. The number of hydrogen-bond donors (Lipinski definition) is 1. The lowest BCUT2D eigenvalue weighted by Crippen LogP contribution is -2.30. The van der Waals surface area contributed by atoms with Crippen LogP contribution < -0.4 is 5.32 Å². The van der Waals surface area contributed by atoms with Crippen LogP contribution >= 0.6 is 11.3 Å². The maximum Gasteiger partial charge on any atom is 0.0795 e. The molecule has 1 aromatic rings. The topological polar surface area (TPSA) is 24.9 Å². The largest absolute Gasteiger partial charge is 0.308 e. The summed E-state index contributed by atoms with van der Waals surface area (Å²) in [6.07, 6.45) is 1.20. The number of nitrogens with zero attached hydrogens (tertiary/aromatic N) is 1. The maximum atomic E-state index is 4.30. The van der Waals surface area contributed by atoms with Gasteiger partial charge in [-0.3, -0.25) is 0 Å². The first-order valence-corrected chi connectivity index (χ1v) is 6.11. The van der Waals surface area contributed by atoms with E-state index in [2.05, 4.69) is 43.4 Å². The first-order valence-electron chi connectivity index (χ1n) is 5.16. The van der Waals surface area contributed by atoms with Crippen LogP contribution in [-0.2, 0) is 0 Å². The molecule has 0 aliphatic rings. The number of rotatable bonds is 5. The molecule has 0 spiro atoms. The zero-order chi connectivity index (χ0) is 10.6. The molecule has 1 rings (SSSR count). The highest BCUT2D eigenvalue weighted by Gasteiger charge is 2.16. The molecule has 80 valence electrons. The third-order valence-corrected chi connectivity index (χ3v) is 3.34. The third kappa shape index (κ3) is 3.39. The Labute approximate surface area is 90.8 Å². The van der Waals surface area contributed by atoms with Crippen LogP contribution in [-0.4, -0.2) is 11.5 Å². The second-order valence-corrected chi connectivity index (χ2v) is 5.25. The Morgan fingerprint density at radius 1 is 1.57 bits per heavy atom. The Kier molecular flexibility index (Phi) is 4.08. The Hall–Kier alpha value is -0.410. The molecule has 14 heavy (non-hydrogen) atoms. The number of hydrogen-bond acceptors (Lipinski definition) is 3. The summed E-state index contributed by atoms with van der Waals surface area (Å²) in [6, 6.07) is 0.368. The van der Waals surface area contributed by atoms with E-state index in [1.54, 1.807) is 11.3 Å². The molecule has 0 fully saturated rings. The fourth-order valence-electron chi connectivity index (χ4n) is 1.09. The van der Waals surface area contributed by atoms with Gasteiger partial charge in [-0.15, -0.1) is 11.3 Å². The van der Waals surface area contributed by atoms with Crippen LogP contribution in [0.5, 0.6) is 0 Å². The average molecular weight is 212 g/mol. The zero-order valence-electron chi connectivity index (χ0n) is 9.50. The third-order valence-electron chi connectivity index (χ3n) is 2.74. The van der Waals surface area contributed by atoms with Gasteiger partial charge in [0.25, 0.3) is 0 Å². The Morgan fingerprint density at radius 3 is 2.79 bits per heavy atom. The van der Waals surface area contributed by atoms with E-state index >= 15 is 0 Å². The highest BCUT2D eigenvalue weighted by molar-refractivity contribution is 7.07. The molecule has 0 bridgehead atoms. The van der Waals surface area contributed by atoms with E-state index in [-0.39, 0.29) is 0 Å². The lowest BCUT2D eigenvalue weighted by Gasteiger charge is -2.25. The van der Waals surface area contributed by atoms with Crippen LogP contribution in [0.1, 0.15) is 45.9 Å². The van der Waals surface area contributed by atoms with Gasteiger partial charge in [0.05, 0.1) is 11.2 Å². The average Bonchev–Trinajstić information content (AvgIpc) is 2.67. The van der Waals surface area contributed by atoms with Crippen LogP contribution in [0.15, 0.2) is 10.9 Å². The molecular weight excluding hydrogens is 192 g/mol. The van der Waals surface area contributed by atoms with Crippen molar-refractivity contribution >= 4 is 11.3 Å². The van der Waals surface area contributed by atoms with Gasteiger partial charge < -0.3 is 5.32 Å². The lowest BCUT2D eigenvalue weighted by molar-refractivity contribution is 0.313. The summed E-state index contributed by atoms with van der Waals surface area (Å²) in [5.41, 5.74) is 3.42. The normalized spacial score (nSPS) is 14.3. The molecule has 1 atom stereocenters. The van der Waals surface area contributed by atoms with Crippen molar-refractivity contribution in [3.05, 3.63) is 16.6 Å². The highest BCUT2D eigenvalue weighted by atomic mass is 32.1. The van der Waals surface area contributed by atoms with Crippen molar-refractivity contribution in [2.75, 3.05) is 6.54 Å². The molecule has 0 saturated heterocycles. The summed E-state index contributed by atoms with van der Waals surface area (Å²) in [6.45, 7) is 10.0. The second-order valence-electron chi connectivity index (χ2n) is 4.53. The molecule has 0 radical (unpaired) electrons. The van der Waals surface area contributed by atoms with E-state index in [1.807, 2.05) is 5.51 Å². The fourth-order valence-corrected chi connectivity index (χ4v) is 1.74. The van der Waals surface area contributed by atoms with Crippen LogP contribution in [0.4, 0.5) is 0 Å². The Morgan fingerprint density at radius 2 is 2.29 bits per heavy atom. The Balaban J connectivity index is 2.39. The van der Waals surface area contributed by atoms with Crippen molar-refractivity contribution in [3.8, 4) is 0 Å². The molecule has 0 saturated carbocycles. The highest BCUT2D eigenvalue weighted by Crippen LogP contribution is 2.20. The molecule has 0 amide bonds. The van der Waals surface area contributed by atoms with Gasteiger partial charge in [-0.25, -0.2) is 4.98 Å². The van der Waals surface area contributed by atoms with Crippen molar-refractivity contribution in [1.82, 2.24) is 10.3 Å². The summed E-state index contributed by atoms with van der Waals surface area (Å²) in [7, 11) is 0. The number of aromatic nitrogens is 1. The molecule has 1 N–H and O–H groups in total. The van der Waals surface area contributed by atoms with Crippen molar-refractivity contribution in [2.45, 2.75) is 40.2 Å². The van der Waals surface area contributed by atoms with Gasteiger partial charge in [-0.05, 0) is 18.8 Å². The molecule has 0 aliphatic carbocycles. The zero-order valence-corrected chi connectivity index (χ0v) is 10.3. The molecule has 0 aliphatic heterocycles. The summed E-state index contributed by atoms with van der Waals surface area (Å²) < 4.78 is 0. The van der Waals surface area contributed by atoms with Crippen LogP contribution in [0.2, 0.25) is 0 Å². The molecule has 1 aromatic heterocycles. The van der Waals surface area contributed by atoms with Gasteiger partial charge >= 0.3 is 0 Å². The van der Waals surface area contributed by atoms with Crippen LogP contribution in [0.3, 0.4) is 0 Å². The summed E-state index contributed by atoms with van der Waals surface area (Å²) >= 11 is 1.66. The summed E-state index contributed by atoms with van der Waals surface area (Å²) in [5.74, 6) is 0. The van der Waals surface area contributed by atoms with E-state index in [9.17, 15) is 0 Å². The molecule has 2 nitrogen and oxygen atoms in total. The summed E-state index contributed by atoms with van der Waals surface area (Å²) in [5, 5.41) is 5.63. The van der Waals surface area contributed by atoms with Gasteiger partial charge in [-0.2, -0.15) is 0 Å². The van der Waals surface area contributed by atoms with Crippen molar-refractivity contribution in [3.63, 3.8) is 0 Å². The standard InChI is InChI=1S/C11H20N2S/c1-5-11(3,4)7-12-9(2)10-6-14-8-13-10/h6,8-9,12H,5,7H2,1-4H3. The van der Waals surface area contributed by atoms with Gasteiger partial charge in [0.2, 0.25) is 0 Å². The SMILES string of the molecule is CCC(C)(C)CNC(C)c1cscn1. The fraction of sp³-hybridized carbons (Fsp3) is 0.727. The molecule has 3 heteroatoms. The number of nitrogens with one attached hydrogen (secondary N) is 1. The van der Waals surface area contributed by atoms with Gasteiger partial charge in [-0.1, -0.05) is 20.8 Å². The monoisotopic (exact) mass is 212 g/mol. The second kappa shape index (κ2) is 4.89. The van der Waals surface area contributed by atoms with E-state index in [1.165, 1.54) is 6.42 Å². The van der Waals surface area contributed by atoms with Crippen LogP contribution in [0.25, 0.3) is 0 Å². The van der Waals surface area contributed by atoms with Gasteiger partial charge in [0.1, 0.15) is 0 Å². The predicted molar refractivity (Wildman–Crippen MR) is 62.6 cm³/mol. The van der Waals surface area contributed by atoms with Crippen molar-refractivity contribution < 1.29 is 0 Å². The molecule has 1 unspecified atom stereocenters. The first kappa shape index (κ1) is 11.7. The molecule has 1 heterocycles. The minimum atomic E-state index is 0.368. The van der Waals surface area contributed by atoms with Crippen LogP contribution in [0, 0.1) is 5.41 Å².